The number of aromatic carboxylic acids is 1. The third kappa shape index (κ3) is 9.54. The standard InChI is InChI=1S/C26H30N2O11/c1-15(29)28-18(13-16-8-9-20(39-14-22(31)32)17(12-16)25(34)35)24(33)27-10-3-4-11-38-21-7-5-6-19(30)23(21)26(36)37-2/h5-9,12,18,30H,3-4,10-11,13-14H2,1-2H3,(H,27,33)(H,28,29)(H,31,32)(H,34,35). The van der Waals surface area contributed by atoms with Crippen LogP contribution >= 0.6 is 0 Å². The Balaban J connectivity index is 1.93. The molecule has 39 heavy (non-hydrogen) atoms. The molecule has 2 aromatic carbocycles. The minimum atomic E-state index is -1.34. The predicted octanol–water partition coefficient (Wildman–Crippen LogP) is 1.36. The molecular formula is C26H30N2O11. The second kappa shape index (κ2) is 14.8. The van der Waals surface area contributed by atoms with E-state index >= 15 is 0 Å². The molecule has 1 unspecified atom stereocenters. The van der Waals surface area contributed by atoms with E-state index in [0.29, 0.717) is 18.4 Å². The van der Waals surface area contributed by atoms with Gasteiger partial charge in [0.15, 0.2) is 6.61 Å². The van der Waals surface area contributed by atoms with E-state index in [1.807, 2.05) is 0 Å². The van der Waals surface area contributed by atoms with E-state index in [1.165, 1.54) is 50.4 Å². The van der Waals surface area contributed by atoms with Crippen LogP contribution in [0.4, 0.5) is 0 Å². The molecule has 0 aliphatic carbocycles. The van der Waals surface area contributed by atoms with Crippen molar-refractivity contribution in [2.75, 3.05) is 26.9 Å². The molecule has 0 spiro atoms. The molecule has 1 atom stereocenters. The Morgan fingerprint density at radius 3 is 2.36 bits per heavy atom. The summed E-state index contributed by atoms with van der Waals surface area (Å²) in [7, 11) is 1.19. The Morgan fingerprint density at radius 1 is 0.974 bits per heavy atom. The zero-order chi connectivity index (χ0) is 28.9. The summed E-state index contributed by atoms with van der Waals surface area (Å²) < 4.78 is 15.2. The molecule has 13 heteroatoms. The van der Waals surface area contributed by atoms with Crippen molar-refractivity contribution in [2.45, 2.75) is 32.2 Å². The average Bonchev–Trinajstić information content (AvgIpc) is 2.88. The molecule has 0 radical (unpaired) electrons. The zero-order valence-electron chi connectivity index (χ0n) is 21.4. The van der Waals surface area contributed by atoms with Crippen LogP contribution in [-0.2, 0) is 25.5 Å². The van der Waals surface area contributed by atoms with Gasteiger partial charge in [-0.15, -0.1) is 0 Å². The molecule has 0 heterocycles. The van der Waals surface area contributed by atoms with Gasteiger partial charge in [0.2, 0.25) is 11.8 Å². The van der Waals surface area contributed by atoms with Crippen molar-refractivity contribution in [3.05, 3.63) is 53.1 Å². The van der Waals surface area contributed by atoms with Gasteiger partial charge in [-0.3, -0.25) is 9.59 Å². The Labute approximate surface area is 223 Å². The summed E-state index contributed by atoms with van der Waals surface area (Å²) in [6.07, 6.45) is 0.951. The summed E-state index contributed by atoms with van der Waals surface area (Å²) in [5.41, 5.74) is 0.0433. The van der Waals surface area contributed by atoms with Crippen molar-refractivity contribution in [3.63, 3.8) is 0 Å². The van der Waals surface area contributed by atoms with Crippen molar-refractivity contribution in [2.24, 2.45) is 0 Å². The first-order valence-corrected chi connectivity index (χ1v) is 11.8. The average molecular weight is 547 g/mol. The summed E-state index contributed by atoms with van der Waals surface area (Å²) in [4.78, 5) is 58.6. The minimum absolute atomic E-state index is 0.0260. The number of hydrogen-bond acceptors (Lipinski definition) is 9. The highest BCUT2D eigenvalue weighted by atomic mass is 16.5. The number of aromatic hydroxyl groups is 1. The third-order valence-electron chi connectivity index (χ3n) is 5.28. The number of esters is 1. The largest absolute Gasteiger partial charge is 0.507 e. The number of carbonyl (C=O) groups is 5. The van der Waals surface area contributed by atoms with Crippen LogP contribution in [0.25, 0.3) is 0 Å². The fraction of sp³-hybridized carbons (Fsp3) is 0.346. The Hall–Kier alpha value is -4.81. The van der Waals surface area contributed by atoms with E-state index in [4.69, 9.17) is 14.6 Å². The molecular weight excluding hydrogens is 516 g/mol. The number of nitrogens with one attached hydrogen (secondary N) is 2. The second-order valence-electron chi connectivity index (χ2n) is 8.26. The molecule has 2 amide bonds. The van der Waals surface area contributed by atoms with Crippen molar-refractivity contribution in [1.82, 2.24) is 10.6 Å². The number of benzene rings is 2. The molecule has 0 saturated heterocycles. The van der Waals surface area contributed by atoms with Crippen LogP contribution in [0.3, 0.4) is 0 Å². The summed E-state index contributed by atoms with van der Waals surface area (Å²) in [6.45, 7) is 0.951. The van der Waals surface area contributed by atoms with E-state index in [-0.39, 0.29) is 47.9 Å². The fourth-order valence-corrected chi connectivity index (χ4v) is 3.52. The van der Waals surface area contributed by atoms with Crippen molar-refractivity contribution < 1.29 is 53.5 Å². The van der Waals surface area contributed by atoms with E-state index in [2.05, 4.69) is 15.4 Å². The first kappa shape index (κ1) is 30.4. The van der Waals surface area contributed by atoms with Gasteiger partial charge in [0.05, 0.1) is 13.7 Å². The molecule has 2 rings (SSSR count). The third-order valence-corrected chi connectivity index (χ3v) is 5.28. The maximum atomic E-state index is 12.7. The van der Waals surface area contributed by atoms with Crippen LogP contribution in [0.5, 0.6) is 17.2 Å². The van der Waals surface area contributed by atoms with E-state index < -0.39 is 42.4 Å². The number of carboxylic acid groups (broad SMARTS) is 2. The molecule has 0 fully saturated rings. The molecule has 0 aliphatic rings. The lowest BCUT2D eigenvalue weighted by Crippen LogP contribution is -2.47. The number of phenolic OH excluding ortho intramolecular Hbond substituents is 1. The lowest BCUT2D eigenvalue weighted by atomic mass is 10.0. The highest BCUT2D eigenvalue weighted by Crippen LogP contribution is 2.28. The van der Waals surface area contributed by atoms with Gasteiger partial charge in [-0.25, -0.2) is 14.4 Å². The number of unbranched alkanes of at least 4 members (excludes halogenated alkanes) is 1. The molecule has 0 saturated carbocycles. The predicted molar refractivity (Wildman–Crippen MR) is 135 cm³/mol. The number of amides is 2. The first-order valence-electron chi connectivity index (χ1n) is 11.8. The fourth-order valence-electron chi connectivity index (χ4n) is 3.52. The van der Waals surface area contributed by atoms with Gasteiger partial charge in [0.25, 0.3) is 0 Å². The lowest BCUT2D eigenvalue weighted by molar-refractivity contribution is -0.139. The number of hydrogen-bond donors (Lipinski definition) is 5. The van der Waals surface area contributed by atoms with Gasteiger partial charge in [-0.05, 0) is 42.7 Å². The number of aliphatic carboxylic acids is 1. The summed E-state index contributed by atoms with van der Waals surface area (Å²) in [6, 6.07) is 7.41. The van der Waals surface area contributed by atoms with Crippen molar-refractivity contribution >= 4 is 29.7 Å². The molecule has 210 valence electrons. The van der Waals surface area contributed by atoms with Gasteiger partial charge in [-0.2, -0.15) is 0 Å². The Bertz CT molecular complexity index is 1210. The highest BCUT2D eigenvalue weighted by molar-refractivity contribution is 5.95. The zero-order valence-corrected chi connectivity index (χ0v) is 21.4. The number of phenols is 1. The maximum Gasteiger partial charge on any atom is 0.345 e. The van der Waals surface area contributed by atoms with E-state index in [0.717, 1.165) is 0 Å². The van der Waals surface area contributed by atoms with Crippen LogP contribution < -0.4 is 20.1 Å². The van der Waals surface area contributed by atoms with Crippen LogP contribution in [0, 0.1) is 0 Å². The topological polar surface area (TPSA) is 198 Å². The molecule has 0 aromatic heterocycles. The summed E-state index contributed by atoms with van der Waals surface area (Å²) in [5.74, 6) is -4.55. The van der Waals surface area contributed by atoms with Crippen molar-refractivity contribution in [1.29, 1.82) is 0 Å². The van der Waals surface area contributed by atoms with Gasteiger partial charge in [0, 0.05) is 19.9 Å². The van der Waals surface area contributed by atoms with Gasteiger partial charge in [0.1, 0.15) is 34.4 Å². The van der Waals surface area contributed by atoms with E-state index in [9.17, 15) is 34.2 Å². The van der Waals surface area contributed by atoms with E-state index in [1.54, 1.807) is 0 Å². The second-order valence-corrected chi connectivity index (χ2v) is 8.26. The summed E-state index contributed by atoms with van der Waals surface area (Å²) >= 11 is 0. The maximum absolute atomic E-state index is 12.7. The van der Waals surface area contributed by atoms with Gasteiger partial charge >= 0.3 is 17.9 Å². The molecule has 0 aliphatic heterocycles. The van der Waals surface area contributed by atoms with Crippen LogP contribution in [0.1, 0.15) is 46.0 Å². The first-order chi connectivity index (χ1) is 18.5. The lowest BCUT2D eigenvalue weighted by Gasteiger charge is -2.18. The summed E-state index contributed by atoms with van der Waals surface area (Å²) in [5, 5.41) is 33.3. The smallest absolute Gasteiger partial charge is 0.345 e. The van der Waals surface area contributed by atoms with Crippen LogP contribution in [0.2, 0.25) is 0 Å². The Kier molecular flexibility index (Phi) is 11.5. The number of carbonyl (C=O) groups excluding carboxylic acids is 3. The van der Waals surface area contributed by atoms with Crippen LogP contribution in [0.15, 0.2) is 36.4 Å². The molecule has 2 aromatic rings. The SMILES string of the molecule is COC(=O)c1c(O)cccc1OCCCCNC(=O)C(Cc1ccc(OCC(=O)O)c(C(=O)O)c1)NC(C)=O. The normalized spacial score (nSPS) is 11.1. The number of carboxylic acids is 2. The molecule has 5 N–H and O–H groups in total. The van der Waals surface area contributed by atoms with Crippen molar-refractivity contribution in [3.8, 4) is 17.2 Å². The molecule has 0 bridgehead atoms. The molecule has 13 nitrogen and oxygen atoms in total. The van der Waals surface area contributed by atoms with Crippen LogP contribution in [-0.4, -0.2) is 78.0 Å². The quantitative estimate of drug-likeness (QED) is 0.160. The monoisotopic (exact) mass is 546 g/mol. The highest BCUT2D eigenvalue weighted by Gasteiger charge is 2.22. The number of methoxy groups -OCH3 is 1. The Morgan fingerprint density at radius 2 is 1.72 bits per heavy atom. The number of rotatable bonds is 15. The van der Waals surface area contributed by atoms with Gasteiger partial charge in [-0.1, -0.05) is 12.1 Å². The van der Waals surface area contributed by atoms with Gasteiger partial charge < -0.3 is 40.2 Å². The minimum Gasteiger partial charge on any atom is -0.507 e. The number of ether oxygens (including phenoxy) is 3.